The Kier molecular flexibility index (Phi) is 3.86. The molecule has 0 spiro atoms. The summed E-state index contributed by atoms with van der Waals surface area (Å²) in [6, 6.07) is 0. The summed E-state index contributed by atoms with van der Waals surface area (Å²) in [5.41, 5.74) is 0.811. The predicted molar refractivity (Wildman–Crippen MR) is 65.9 cm³/mol. The Morgan fingerprint density at radius 2 is 1.40 bits per heavy atom. The molecule has 1 fully saturated rings. The zero-order valence-corrected chi connectivity index (χ0v) is 11.4. The van der Waals surface area contributed by atoms with Crippen molar-refractivity contribution in [2.24, 2.45) is 22.7 Å². The Morgan fingerprint density at radius 3 is 1.87 bits per heavy atom. The van der Waals surface area contributed by atoms with Gasteiger partial charge < -0.3 is 4.74 Å². The molecule has 0 bridgehead atoms. The number of ether oxygens (including phenoxy) is 1. The van der Waals surface area contributed by atoms with Gasteiger partial charge in [-0.2, -0.15) is 0 Å². The molecule has 0 aliphatic carbocycles. The zero-order valence-electron chi connectivity index (χ0n) is 11.4. The van der Waals surface area contributed by atoms with Gasteiger partial charge in [0.15, 0.2) is 0 Å². The van der Waals surface area contributed by atoms with Crippen LogP contribution in [-0.4, -0.2) is 13.2 Å². The number of hydrogen-bond acceptors (Lipinski definition) is 1. The van der Waals surface area contributed by atoms with Crippen LogP contribution >= 0.6 is 0 Å². The van der Waals surface area contributed by atoms with Gasteiger partial charge in [-0.05, 0) is 35.5 Å². The Balaban J connectivity index is 2.70. The Hall–Kier alpha value is -0.0400. The molecule has 0 aromatic heterocycles. The van der Waals surface area contributed by atoms with E-state index in [4.69, 9.17) is 4.74 Å². The standard InChI is InChI=1S/C14H28O/c1-13(2,3)11-7-8-15-10-12(9-11)14(4,5)6/h11-12H,7-10H2,1-6H3. The highest BCUT2D eigenvalue weighted by atomic mass is 16.5. The van der Waals surface area contributed by atoms with Gasteiger partial charge in [0.25, 0.3) is 0 Å². The quantitative estimate of drug-likeness (QED) is 0.587. The maximum absolute atomic E-state index is 5.76. The number of rotatable bonds is 0. The average Bonchev–Trinajstić information content (AvgIpc) is 2.24. The zero-order chi connectivity index (χ0) is 11.7. The van der Waals surface area contributed by atoms with Gasteiger partial charge in [0.1, 0.15) is 0 Å². The fourth-order valence-electron chi connectivity index (χ4n) is 2.37. The van der Waals surface area contributed by atoms with Crippen molar-refractivity contribution in [2.45, 2.75) is 54.4 Å². The van der Waals surface area contributed by atoms with Crippen molar-refractivity contribution in [3.05, 3.63) is 0 Å². The molecule has 1 heterocycles. The molecule has 1 rings (SSSR count). The molecule has 1 aliphatic heterocycles. The smallest absolute Gasteiger partial charge is 0.0499 e. The minimum atomic E-state index is 0.383. The summed E-state index contributed by atoms with van der Waals surface area (Å²) in [5, 5.41) is 0. The second-order valence-corrected chi connectivity index (χ2v) is 7.23. The molecular formula is C14H28O. The van der Waals surface area contributed by atoms with Crippen molar-refractivity contribution in [1.82, 2.24) is 0 Å². The van der Waals surface area contributed by atoms with Gasteiger partial charge in [-0.15, -0.1) is 0 Å². The lowest BCUT2D eigenvalue weighted by Crippen LogP contribution is -2.29. The van der Waals surface area contributed by atoms with Crippen LogP contribution in [0, 0.1) is 22.7 Å². The molecule has 0 N–H and O–H groups in total. The molecule has 90 valence electrons. The first kappa shape index (κ1) is 13.0. The summed E-state index contributed by atoms with van der Waals surface area (Å²) in [7, 11) is 0. The van der Waals surface area contributed by atoms with E-state index in [1.54, 1.807) is 0 Å². The van der Waals surface area contributed by atoms with E-state index in [1.807, 2.05) is 0 Å². The predicted octanol–water partition coefficient (Wildman–Crippen LogP) is 4.12. The van der Waals surface area contributed by atoms with E-state index >= 15 is 0 Å². The summed E-state index contributed by atoms with van der Waals surface area (Å²) in [4.78, 5) is 0. The van der Waals surface area contributed by atoms with E-state index in [1.165, 1.54) is 12.8 Å². The van der Waals surface area contributed by atoms with Gasteiger partial charge >= 0.3 is 0 Å². The van der Waals surface area contributed by atoms with Crippen molar-refractivity contribution in [3.63, 3.8) is 0 Å². The molecule has 0 radical (unpaired) electrons. The van der Waals surface area contributed by atoms with Gasteiger partial charge in [0.2, 0.25) is 0 Å². The fourth-order valence-corrected chi connectivity index (χ4v) is 2.37. The van der Waals surface area contributed by atoms with Crippen molar-refractivity contribution in [1.29, 1.82) is 0 Å². The van der Waals surface area contributed by atoms with Crippen LogP contribution in [0.1, 0.15) is 54.4 Å². The molecule has 0 aromatic carbocycles. The first-order chi connectivity index (χ1) is 6.71. The van der Waals surface area contributed by atoms with Gasteiger partial charge in [-0.3, -0.25) is 0 Å². The van der Waals surface area contributed by atoms with Crippen molar-refractivity contribution in [3.8, 4) is 0 Å². The third kappa shape index (κ3) is 3.79. The van der Waals surface area contributed by atoms with Crippen LogP contribution in [0.15, 0.2) is 0 Å². The second kappa shape index (κ2) is 4.45. The maximum Gasteiger partial charge on any atom is 0.0499 e. The van der Waals surface area contributed by atoms with Crippen LogP contribution in [0.25, 0.3) is 0 Å². The van der Waals surface area contributed by atoms with Crippen molar-refractivity contribution < 1.29 is 4.74 Å². The highest BCUT2D eigenvalue weighted by Gasteiger charge is 2.34. The lowest BCUT2D eigenvalue weighted by molar-refractivity contribution is 0.0700. The van der Waals surface area contributed by atoms with Gasteiger partial charge in [0.05, 0.1) is 0 Å². The van der Waals surface area contributed by atoms with Crippen LogP contribution in [0.2, 0.25) is 0 Å². The molecule has 1 aliphatic rings. The molecule has 0 aromatic rings. The van der Waals surface area contributed by atoms with E-state index in [9.17, 15) is 0 Å². The monoisotopic (exact) mass is 212 g/mol. The van der Waals surface area contributed by atoms with Crippen LogP contribution < -0.4 is 0 Å². The van der Waals surface area contributed by atoms with Crippen LogP contribution in [0.4, 0.5) is 0 Å². The first-order valence-electron chi connectivity index (χ1n) is 6.29. The van der Waals surface area contributed by atoms with E-state index in [-0.39, 0.29) is 0 Å². The van der Waals surface area contributed by atoms with Crippen LogP contribution in [0.3, 0.4) is 0 Å². The average molecular weight is 212 g/mol. The molecule has 1 nitrogen and oxygen atoms in total. The van der Waals surface area contributed by atoms with E-state index in [2.05, 4.69) is 41.5 Å². The summed E-state index contributed by atoms with van der Waals surface area (Å²) >= 11 is 0. The van der Waals surface area contributed by atoms with Gasteiger partial charge in [-0.1, -0.05) is 41.5 Å². The normalized spacial score (nSPS) is 30.0. The van der Waals surface area contributed by atoms with Crippen molar-refractivity contribution in [2.75, 3.05) is 13.2 Å². The Labute approximate surface area is 95.6 Å². The molecule has 0 amide bonds. The highest BCUT2D eigenvalue weighted by Crippen LogP contribution is 2.41. The third-order valence-electron chi connectivity index (χ3n) is 3.95. The first-order valence-corrected chi connectivity index (χ1v) is 6.29. The van der Waals surface area contributed by atoms with Crippen LogP contribution in [-0.2, 0) is 4.74 Å². The van der Waals surface area contributed by atoms with Crippen molar-refractivity contribution >= 4 is 0 Å². The summed E-state index contributed by atoms with van der Waals surface area (Å²) < 4.78 is 5.76. The maximum atomic E-state index is 5.76. The second-order valence-electron chi connectivity index (χ2n) is 7.23. The molecule has 1 heteroatoms. The molecule has 2 unspecified atom stereocenters. The highest BCUT2D eigenvalue weighted by molar-refractivity contribution is 4.83. The van der Waals surface area contributed by atoms with Crippen LogP contribution in [0.5, 0.6) is 0 Å². The summed E-state index contributed by atoms with van der Waals surface area (Å²) in [6.07, 6.45) is 2.56. The van der Waals surface area contributed by atoms with Gasteiger partial charge in [0, 0.05) is 13.2 Å². The molecular weight excluding hydrogens is 184 g/mol. The largest absolute Gasteiger partial charge is 0.381 e. The van der Waals surface area contributed by atoms with E-state index in [0.29, 0.717) is 16.7 Å². The summed E-state index contributed by atoms with van der Waals surface area (Å²) in [5.74, 6) is 1.52. The third-order valence-corrected chi connectivity index (χ3v) is 3.95. The molecule has 1 saturated heterocycles. The SMILES string of the molecule is CC(C)(C)C1CCOCC(C(C)(C)C)C1. The fraction of sp³-hybridized carbons (Fsp3) is 1.00. The lowest BCUT2D eigenvalue weighted by Gasteiger charge is -2.36. The molecule has 0 saturated carbocycles. The topological polar surface area (TPSA) is 9.23 Å². The molecule has 2 atom stereocenters. The molecule has 15 heavy (non-hydrogen) atoms. The lowest BCUT2D eigenvalue weighted by atomic mass is 9.69. The Bertz CT molecular complexity index is 172. The summed E-state index contributed by atoms with van der Waals surface area (Å²) in [6.45, 7) is 16.0. The minimum Gasteiger partial charge on any atom is -0.381 e. The van der Waals surface area contributed by atoms with E-state index in [0.717, 1.165) is 19.1 Å². The number of hydrogen-bond donors (Lipinski definition) is 0. The Morgan fingerprint density at radius 1 is 0.867 bits per heavy atom. The minimum absolute atomic E-state index is 0.383. The van der Waals surface area contributed by atoms with Gasteiger partial charge in [-0.25, -0.2) is 0 Å². The van der Waals surface area contributed by atoms with E-state index < -0.39 is 0 Å².